The third kappa shape index (κ3) is 4.81. The van der Waals surface area contributed by atoms with Crippen molar-refractivity contribution in [3.8, 4) is 0 Å². The zero-order valence-electron chi connectivity index (χ0n) is 21.4. The number of halogens is 3. The molecule has 194 valence electrons. The molecule has 2 fully saturated rings. The standard InChI is InChI=1S/C30H37F3N2O/c1-21(2)29(28(36)35-17-13-23-8-9-26(30(31,32)33)18-25(23)20-35)14-10-27(19-29)34-15-11-24(12-16-34)22-6-4-3-5-7-22/h3-9,18,21,24,27H,10-17,19-20H2,1-2H3. The molecule has 1 aliphatic carbocycles. The lowest BCUT2D eigenvalue weighted by Crippen LogP contribution is -2.48. The van der Waals surface area contributed by atoms with E-state index in [4.69, 9.17) is 0 Å². The van der Waals surface area contributed by atoms with Gasteiger partial charge >= 0.3 is 6.18 Å². The van der Waals surface area contributed by atoms with E-state index in [9.17, 15) is 18.0 Å². The van der Waals surface area contributed by atoms with E-state index in [0.717, 1.165) is 56.8 Å². The summed E-state index contributed by atoms with van der Waals surface area (Å²) in [5.41, 5.74) is 1.93. The van der Waals surface area contributed by atoms with Gasteiger partial charge in [-0.25, -0.2) is 0 Å². The van der Waals surface area contributed by atoms with Crippen LogP contribution in [0.15, 0.2) is 48.5 Å². The van der Waals surface area contributed by atoms with Crippen molar-refractivity contribution >= 4 is 5.91 Å². The summed E-state index contributed by atoms with van der Waals surface area (Å²) >= 11 is 0. The Kier molecular flexibility index (Phi) is 6.92. The zero-order chi connectivity index (χ0) is 25.5. The van der Waals surface area contributed by atoms with E-state index in [2.05, 4.69) is 49.1 Å². The maximum absolute atomic E-state index is 14.0. The Morgan fingerprint density at radius 2 is 1.69 bits per heavy atom. The molecule has 2 atom stereocenters. The highest BCUT2D eigenvalue weighted by atomic mass is 19.4. The molecule has 0 aromatic heterocycles. The van der Waals surface area contributed by atoms with Crippen molar-refractivity contribution < 1.29 is 18.0 Å². The smallest absolute Gasteiger partial charge is 0.338 e. The molecule has 2 aromatic carbocycles. The Hall–Kier alpha value is -2.34. The van der Waals surface area contributed by atoms with Crippen LogP contribution >= 0.6 is 0 Å². The molecule has 2 unspecified atom stereocenters. The number of benzene rings is 2. The van der Waals surface area contributed by atoms with Gasteiger partial charge in [-0.1, -0.05) is 50.2 Å². The second kappa shape index (κ2) is 9.85. The van der Waals surface area contributed by atoms with E-state index < -0.39 is 17.2 Å². The quantitative estimate of drug-likeness (QED) is 0.470. The fourth-order valence-corrected chi connectivity index (χ4v) is 6.87. The summed E-state index contributed by atoms with van der Waals surface area (Å²) in [7, 11) is 0. The van der Waals surface area contributed by atoms with E-state index in [-0.39, 0.29) is 18.4 Å². The molecular formula is C30H37F3N2O. The Bertz CT molecular complexity index is 1080. The van der Waals surface area contributed by atoms with Gasteiger partial charge in [-0.2, -0.15) is 13.2 Å². The number of nitrogens with zero attached hydrogens (tertiary/aromatic N) is 2. The third-order valence-corrected chi connectivity index (χ3v) is 9.20. The molecule has 3 aliphatic rings. The summed E-state index contributed by atoms with van der Waals surface area (Å²) < 4.78 is 39.8. The number of amides is 1. The number of hydrogen-bond donors (Lipinski definition) is 0. The lowest BCUT2D eigenvalue weighted by Gasteiger charge is -2.41. The van der Waals surface area contributed by atoms with Crippen molar-refractivity contribution in [2.75, 3.05) is 19.6 Å². The van der Waals surface area contributed by atoms with Crippen LogP contribution in [0.4, 0.5) is 13.2 Å². The molecule has 36 heavy (non-hydrogen) atoms. The van der Waals surface area contributed by atoms with Crippen LogP contribution in [0.5, 0.6) is 0 Å². The average Bonchev–Trinajstić information content (AvgIpc) is 3.35. The molecule has 3 nitrogen and oxygen atoms in total. The zero-order valence-corrected chi connectivity index (χ0v) is 21.4. The van der Waals surface area contributed by atoms with Crippen LogP contribution in [-0.4, -0.2) is 41.4 Å². The number of likely N-dealkylation sites (tertiary alicyclic amines) is 1. The van der Waals surface area contributed by atoms with Crippen molar-refractivity contribution in [2.45, 2.75) is 77.1 Å². The van der Waals surface area contributed by atoms with E-state index in [1.54, 1.807) is 6.07 Å². The van der Waals surface area contributed by atoms with Gasteiger partial charge in [0.1, 0.15) is 0 Å². The normalized spacial score (nSPS) is 25.8. The maximum atomic E-state index is 14.0. The van der Waals surface area contributed by atoms with Crippen LogP contribution in [-0.2, 0) is 23.9 Å². The van der Waals surface area contributed by atoms with E-state index >= 15 is 0 Å². The first-order chi connectivity index (χ1) is 17.2. The molecule has 0 bridgehead atoms. The molecule has 2 aromatic rings. The molecule has 2 aliphatic heterocycles. The van der Waals surface area contributed by atoms with E-state index in [1.165, 1.54) is 11.6 Å². The number of rotatable bonds is 4. The SMILES string of the molecule is CC(C)C1(C(=O)N2CCc3ccc(C(F)(F)F)cc3C2)CCC(N2CCC(c3ccccc3)CC2)C1. The second-order valence-electron chi connectivity index (χ2n) is 11.4. The van der Waals surface area contributed by atoms with Gasteiger partial charge in [0, 0.05) is 19.1 Å². The van der Waals surface area contributed by atoms with E-state index in [1.807, 2.05) is 4.90 Å². The predicted octanol–water partition coefficient (Wildman–Crippen LogP) is 6.66. The third-order valence-electron chi connectivity index (χ3n) is 9.20. The number of fused-ring (bicyclic) bond motifs is 1. The number of carbonyl (C=O) groups is 1. The van der Waals surface area contributed by atoms with Gasteiger partial charge < -0.3 is 9.80 Å². The molecule has 0 N–H and O–H groups in total. The van der Waals surface area contributed by atoms with Gasteiger partial charge in [0.05, 0.1) is 11.0 Å². The van der Waals surface area contributed by atoms with E-state index in [0.29, 0.717) is 30.5 Å². The van der Waals surface area contributed by atoms with Crippen molar-refractivity contribution in [2.24, 2.45) is 11.3 Å². The highest BCUT2D eigenvalue weighted by molar-refractivity contribution is 5.84. The predicted molar refractivity (Wildman–Crippen MR) is 135 cm³/mol. The minimum atomic E-state index is -4.37. The summed E-state index contributed by atoms with van der Waals surface area (Å²) in [5, 5.41) is 0. The van der Waals surface area contributed by atoms with Crippen LogP contribution in [0.2, 0.25) is 0 Å². The monoisotopic (exact) mass is 498 g/mol. The number of carbonyl (C=O) groups excluding carboxylic acids is 1. The number of hydrogen-bond acceptors (Lipinski definition) is 2. The topological polar surface area (TPSA) is 23.6 Å². The van der Waals surface area contributed by atoms with Crippen LogP contribution in [0.1, 0.15) is 74.1 Å². The first kappa shape index (κ1) is 25.3. The summed E-state index contributed by atoms with van der Waals surface area (Å²) in [4.78, 5) is 18.4. The second-order valence-corrected chi connectivity index (χ2v) is 11.4. The number of alkyl halides is 3. The van der Waals surface area contributed by atoms with Gasteiger partial charge in [0.2, 0.25) is 5.91 Å². The summed E-state index contributed by atoms with van der Waals surface area (Å²) in [5.74, 6) is 0.942. The average molecular weight is 499 g/mol. The van der Waals surface area contributed by atoms with Gasteiger partial charge in [0.15, 0.2) is 0 Å². The van der Waals surface area contributed by atoms with Crippen LogP contribution in [0.25, 0.3) is 0 Å². The minimum absolute atomic E-state index is 0.141. The summed E-state index contributed by atoms with van der Waals surface area (Å²) in [6.07, 6.45) is 1.27. The highest BCUT2D eigenvalue weighted by Crippen LogP contribution is 2.48. The van der Waals surface area contributed by atoms with Crippen LogP contribution < -0.4 is 0 Å². The Morgan fingerprint density at radius 3 is 2.36 bits per heavy atom. The van der Waals surface area contributed by atoms with Crippen LogP contribution in [0, 0.1) is 11.3 Å². The first-order valence-electron chi connectivity index (χ1n) is 13.4. The fraction of sp³-hybridized carbons (Fsp3) is 0.567. The molecule has 0 radical (unpaired) electrons. The molecule has 0 spiro atoms. The largest absolute Gasteiger partial charge is 0.416 e. The van der Waals surface area contributed by atoms with Crippen molar-refractivity contribution in [3.05, 3.63) is 70.8 Å². The summed E-state index contributed by atoms with van der Waals surface area (Å²) in [6.45, 7) is 7.26. The first-order valence-corrected chi connectivity index (χ1v) is 13.4. The van der Waals surface area contributed by atoms with Crippen LogP contribution in [0.3, 0.4) is 0 Å². The Morgan fingerprint density at radius 1 is 0.972 bits per heavy atom. The molecular weight excluding hydrogens is 461 g/mol. The lowest BCUT2D eigenvalue weighted by atomic mass is 9.73. The van der Waals surface area contributed by atoms with Crippen molar-refractivity contribution in [1.29, 1.82) is 0 Å². The number of piperidine rings is 1. The van der Waals surface area contributed by atoms with Gasteiger partial charge in [0.25, 0.3) is 0 Å². The molecule has 6 heteroatoms. The van der Waals surface area contributed by atoms with Crippen molar-refractivity contribution in [1.82, 2.24) is 9.80 Å². The highest BCUT2D eigenvalue weighted by Gasteiger charge is 2.51. The Balaban J connectivity index is 1.26. The molecule has 1 amide bonds. The van der Waals surface area contributed by atoms with Gasteiger partial charge in [-0.3, -0.25) is 4.79 Å². The fourth-order valence-electron chi connectivity index (χ4n) is 6.87. The molecule has 1 saturated heterocycles. The minimum Gasteiger partial charge on any atom is -0.338 e. The summed E-state index contributed by atoms with van der Waals surface area (Å²) in [6, 6.07) is 15.1. The van der Waals surface area contributed by atoms with Gasteiger partial charge in [-0.05, 0) is 92.3 Å². The molecule has 5 rings (SSSR count). The molecule has 2 heterocycles. The maximum Gasteiger partial charge on any atom is 0.416 e. The van der Waals surface area contributed by atoms with Gasteiger partial charge in [-0.15, -0.1) is 0 Å². The molecule has 1 saturated carbocycles. The van der Waals surface area contributed by atoms with Crippen molar-refractivity contribution in [3.63, 3.8) is 0 Å². The Labute approximate surface area is 212 Å². The lowest BCUT2D eigenvalue weighted by molar-refractivity contribution is -0.146.